The minimum absolute atomic E-state index is 0.00556. The van der Waals surface area contributed by atoms with Gasteiger partial charge in [0.25, 0.3) is 6.71 Å². The molecule has 6 nitrogen and oxygen atoms in total. The number of rotatable bonds is 2. The fraction of sp³-hybridized carbons (Fsp3) is 0.347. The zero-order valence-electron chi connectivity index (χ0n) is 34.7. The number of anilines is 6. The highest BCUT2D eigenvalue weighted by molar-refractivity contribution is 7.26. The van der Waals surface area contributed by atoms with Crippen molar-refractivity contribution in [3.05, 3.63) is 101 Å². The van der Waals surface area contributed by atoms with Crippen molar-refractivity contribution in [2.45, 2.75) is 86.0 Å². The molecular weight excluding hydrogens is 723 g/mol. The van der Waals surface area contributed by atoms with E-state index in [9.17, 15) is 0 Å². The fourth-order valence-corrected chi connectivity index (χ4v) is 10.5. The van der Waals surface area contributed by atoms with Crippen molar-refractivity contribution < 1.29 is 18.9 Å². The van der Waals surface area contributed by atoms with Crippen molar-refractivity contribution in [3.8, 4) is 23.0 Å². The van der Waals surface area contributed by atoms with Crippen LogP contribution in [0.1, 0.15) is 82.2 Å². The smallest absolute Gasteiger partial charge is 0.254 e. The van der Waals surface area contributed by atoms with Gasteiger partial charge in [0.2, 0.25) is 0 Å². The van der Waals surface area contributed by atoms with Crippen LogP contribution in [0.5, 0.6) is 23.0 Å². The lowest BCUT2D eigenvalue weighted by atomic mass is 9.33. The molecule has 290 valence electrons. The number of ether oxygens (including phenoxy) is 4. The number of hydrogen-bond donors (Lipinski definition) is 0. The van der Waals surface area contributed by atoms with Gasteiger partial charge in [0.15, 0.2) is 23.0 Å². The summed E-state index contributed by atoms with van der Waals surface area (Å²) in [7, 11) is 0. The van der Waals surface area contributed by atoms with Crippen LogP contribution in [0.15, 0.2) is 72.8 Å². The molecule has 5 heterocycles. The normalized spacial score (nSPS) is 15.8. The summed E-state index contributed by atoms with van der Waals surface area (Å²) in [6, 6.07) is 27.7. The minimum atomic E-state index is -0.0518. The van der Waals surface area contributed by atoms with Gasteiger partial charge in [-0.2, -0.15) is 0 Å². The van der Waals surface area contributed by atoms with Crippen LogP contribution < -0.4 is 45.1 Å². The summed E-state index contributed by atoms with van der Waals surface area (Å²) >= 11 is 1.92. The van der Waals surface area contributed by atoms with E-state index >= 15 is 0 Å². The van der Waals surface area contributed by atoms with Crippen molar-refractivity contribution in [2.24, 2.45) is 0 Å². The number of hydrogen-bond acceptors (Lipinski definition) is 7. The van der Waals surface area contributed by atoms with E-state index in [1.165, 1.54) is 70.7 Å². The quantitative estimate of drug-likeness (QED) is 0.163. The first-order valence-electron chi connectivity index (χ1n) is 20.5. The average Bonchev–Trinajstić information content (AvgIpc) is 3.27. The van der Waals surface area contributed by atoms with Gasteiger partial charge in [-0.3, -0.25) is 0 Å². The van der Waals surface area contributed by atoms with E-state index in [2.05, 4.69) is 145 Å². The van der Waals surface area contributed by atoms with Crippen LogP contribution in [0, 0.1) is 20.8 Å². The van der Waals surface area contributed by atoms with Crippen LogP contribution in [0.3, 0.4) is 0 Å². The molecule has 0 amide bonds. The van der Waals surface area contributed by atoms with Crippen LogP contribution in [0.4, 0.5) is 33.4 Å². The van der Waals surface area contributed by atoms with Gasteiger partial charge in [-0.05, 0) is 118 Å². The Labute approximate surface area is 341 Å². The molecule has 0 atom stereocenters. The monoisotopic (exact) mass is 774 g/mol. The second kappa shape index (κ2) is 13.0. The Morgan fingerprint density at radius 2 is 1.16 bits per heavy atom. The molecule has 1 aromatic heterocycles. The maximum atomic E-state index is 6.49. The first-order chi connectivity index (χ1) is 27.3. The SMILES string of the molecule is Cc1cc2c3c(c1)N(c1c(C)cc(C(C)(C)C)cc1C)c1sc4ccc(C(C)(C)C)cc4c1B3c1cc3c(cc1N2c1ccc2c(c1)OCCCO2)OCCCO3. The molecule has 0 N–H and O–H groups in total. The van der Waals surface area contributed by atoms with Crippen molar-refractivity contribution >= 4 is 78.0 Å². The van der Waals surface area contributed by atoms with E-state index < -0.39 is 0 Å². The lowest BCUT2D eigenvalue weighted by Gasteiger charge is -2.44. The van der Waals surface area contributed by atoms with E-state index in [4.69, 9.17) is 18.9 Å². The lowest BCUT2D eigenvalue weighted by Crippen LogP contribution is -2.61. The second-order valence-electron chi connectivity index (χ2n) is 18.4. The van der Waals surface area contributed by atoms with Gasteiger partial charge in [-0.15, -0.1) is 11.3 Å². The molecular formula is C49H51BN2O4S. The van der Waals surface area contributed by atoms with Crippen molar-refractivity contribution in [3.63, 3.8) is 0 Å². The molecule has 8 heteroatoms. The Morgan fingerprint density at radius 3 is 1.81 bits per heavy atom. The van der Waals surface area contributed by atoms with Gasteiger partial charge < -0.3 is 28.7 Å². The number of fused-ring (bicyclic) bond motifs is 8. The van der Waals surface area contributed by atoms with Crippen LogP contribution in [-0.4, -0.2) is 33.1 Å². The highest BCUT2D eigenvalue weighted by atomic mass is 32.1. The second-order valence-corrected chi connectivity index (χ2v) is 19.4. The maximum Gasteiger partial charge on any atom is 0.254 e. The topological polar surface area (TPSA) is 43.4 Å². The first-order valence-corrected chi connectivity index (χ1v) is 21.3. The standard InChI is InChI=1S/C49H51BN2O4S/c1-28-20-37-45-38(21-28)52(46-29(2)22-32(23-30(46)3)49(7,8)9)47-44(34-24-31(48(4,5)6)12-15-43(34)57-47)50(45)35-26-41-42(56-19-11-18-55-41)27-36(35)51(37)33-13-14-39-40(25-33)54-17-10-16-53-39/h12-15,20-27H,10-11,16-19H2,1-9H3. The summed E-state index contributed by atoms with van der Waals surface area (Å²) in [5.74, 6) is 3.16. The average molecular weight is 775 g/mol. The van der Waals surface area contributed by atoms with Crippen LogP contribution in [0.2, 0.25) is 0 Å². The largest absolute Gasteiger partial charge is 0.490 e. The van der Waals surface area contributed by atoms with Gasteiger partial charge in [0.1, 0.15) is 0 Å². The Kier molecular flexibility index (Phi) is 8.26. The van der Waals surface area contributed by atoms with E-state index in [1.54, 1.807) is 0 Å². The number of benzene rings is 5. The molecule has 0 unspecified atom stereocenters. The molecule has 0 saturated carbocycles. The summed E-state index contributed by atoms with van der Waals surface area (Å²) in [5.41, 5.74) is 16.1. The first kappa shape index (κ1) is 36.3. The Balaban J connectivity index is 1.32. The summed E-state index contributed by atoms with van der Waals surface area (Å²) < 4.78 is 26.7. The molecule has 10 rings (SSSR count). The Hall–Kier alpha value is -5.08. The number of thiophene rings is 1. The van der Waals surface area contributed by atoms with E-state index in [1.807, 2.05) is 11.3 Å². The van der Waals surface area contributed by atoms with Crippen LogP contribution >= 0.6 is 11.3 Å². The van der Waals surface area contributed by atoms with Crippen molar-refractivity contribution in [1.29, 1.82) is 0 Å². The zero-order valence-corrected chi connectivity index (χ0v) is 35.5. The molecule has 0 radical (unpaired) electrons. The summed E-state index contributed by atoms with van der Waals surface area (Å²) in [6.07, 6.45) is 1.70. The third-order valence-electron chi connectivity index (χ3n) is 12.1. The highest BCUT2D eigenvalue weighted by Gasteiger charge is 2.47. The van der Waals surface area contributed by atoms with Gasteiger partial charge in [-0.1, -0.05) is 65.8 Å². The third kappa shape index (κ3) is 5.80. The third-order valence-corrected chi connectivity index (χ3v) is 13.3. The van der Waals surface area contributed by atoms with Crippen molar-refractivity contribution in [2.75, 3.05) is 36.2 Å². The molecule has 0 saturated heterocycles. The van der Waals surface area contributed by atoms with Gasteiger partial charge in [0, 0.05) is 46.7 Å². The molecule has 0 spiro atoms. The summed E-state index contributed by atoms with van der Waals surface area (Å²) in [5, 5.41) is 2.60. The molecule has 0 fully saturated rings. The van der Waals surface area contributed by atoms with Crippen molar-refractivity contribution in [1.82, 2.24) is 0 Å². The van der Waals surface area contributed by atoms with E-state index in [0.717, 1.165) is 52.9 Å². The van der Waals surface area contributed by atoms with Gasteiger partial charge >= 0.3 is 0 Å². The predicted molar refractivity (Wildman–Crippen MR) is 239 cm³/mol. The molecule has 4 aliphatic heterocycles. The van der Waals surface area contributed by atoms with E-state index in [-0.39, 0.29) is 17.5 Å². The van der Waals surface area contributed by atoms with Gasteiger partial charge in [0.05, 0.1) is 42.8 Å². The molecule has 0 aliphatic carbocycles. The lowest BCUT2D eigenvalue weighted by molar-refractivity contribution is 0.296. The Bertz CT molecular complexity index is 2610. The molecule has 5 aromatic carbocycles. The van der Waals surface area contributed by atoms with Crippen LogP contribution in [-0.2, 0) is 10.8 Å². The van der Waals surface area contributed by atoms with Gasteiger partial charge in [-0.25, -0.2) is 0 Å². The highest BCUT2D eigenvalue weighted by Crippen LogP contribution is 2.52. The fourth-order valence-electron chi connectivity index (χ4n) is 9.31. The summed E-state index contributed by atoms with van der Waals surface area (Å²) in [4.78, 5) is 5.04. The minimum Gasteiger partial charge on any atom is -0.490 e. The number of aryl methyl sites for hydroxylation is 3. The molecule has 6 aromatic rings. The number of nitrogens with zero attached hydrogens (tertiary/aromatic N) is 2. The summed E-state index contributed by atoms with van der Waals surface area (Å²) in [6.45, 7) is 23.2. The molecule has 4 aliphatic rings. The zero-order chi connectivity index (χ0) is 39.5. The maximum absolute atomic E-state index is 6.49. The molecule has 0 bridgehead atoms. The van der Waals surface area contributed by atoms with Crippen LogP contribution in [0.25, 0.3) is 10.1 Å². The molecule has 57 heavy (non-hydrogen) atoms. The van der Waals surface area contributed by atoms with E-state index in [0.29, 0.717) is 26.4 Å². The Morgan fingerprint density at radius 1 is 0.561 bits per heavy atom. The predicted octanol–water partition coefficient (Wildman–Crippen LogP) is 10.8.